The lowest BCUT2D eigenvalue weighted by Gasteiger charge is -2.31. The Balaban J connectivity index is 4.27. The van der Waals surface area contributed by atoms with Crippen LogP contribution in [0.15, 0.2) is 12.2 Å². The van der Waals surface area contributed by atoms with Gasteiger partial charge >= 0.3 is 0 Å². The maximum Gasteiger partial charge on any atom is -0.0322 e. The van der Waals surface area contributed by atoms with Gasteiger partial charge in [-0.3, -0.25) is 0 Å². The Morgan fingerprint density at radius 2 is 1.58 bits per heavy atom. The van der Waals surface area contributed by atoms with E-state index in [1.807, 2.05) is 0 Å². The van der Waals surface area contributed by atoms with Crippen molar-refractivity contribution in [3.05, 3.63) is 12.2 Å². The Morgan fingerprint density at radius 1 is 0.833 bits per heavy atom. The van der Waals surface area contributed by atoms with Crippen molar-refractivity contribution in [2.75, 3.05) is 0 Å². The molecule has 0 radical (unpaired) electrons. The molecule has 0 N–H and O–H groups in total. The van der Waals surface area contributed by atoms with Gasteiger partial charge in [-0.25, -0.2) is 0 Å². The van der Waals surface area contributed by atoms with Crippen LogP contribution in [0.25, 0.3) is 0 Å². The Labute approximate surface area is 154 Å². The highest BCUT2D eigenvalue weighted by Gasteiger charge is 2.23. The second kappa shape index (κ2) is 15.0. The molecule has 0 heteroatoms. The summed E-state index contributed by atoms with van der Waals surface area (Å²) >= 11 is 0. The van der Waals surface area contributed by atoms with Crippen LogP contribution in [0.4, 0.5) is 0 Å². The lowest BCUT2D eigenvalue weighted by molar-refractivity contribution is 0.209. The van der Waals surface area contributed by atoms with E-state index in [9.17, 15) is 0 Å². The van der Waals surface area contributed by atoms with Crippen LogP contribution in [0, 0.1) is 17.3 Å². The molecule has 3 unspecified atom stereocenters. The molecule has 0 aromatic heterocycles. The first-order chi connectivity index (χ1) is 11.5. The number of hydrogen-bond acceptors (Lipinski definition) is 0. The fraction of sp³-hybridized carbons (Fsp3) is 0.917. The summed E-state index contributed by atoms with van der Waals surface area (Å²) in [7, 11) is 0. The van der Waals surface area contributed by atoms with Crippen molar-refractivity contribution in [3.63, 3.8) is 0 Å². The van der Waals surface area contributed by atoms with Gasteiger partial charge in [0.15, 0.2) is 0 Å². The van der Waals surface area contributed by atoms with Gasteiger partial charge in [-0.15, -0.1) is 0 Å². The van der Waals surface area contributed by atoms with Gasteiger partial charge in [-0.1, -0.05) is 98.6 Å². The average molecular weight is 337 g/mol. The van der Waals surface area contributed by atoms with Crippen molar-refractivity contribution in [2.24, 2.45) is 17.3 Å². The monoisotopic (exact) mass is 336 g/mol. The van der Waals surface area contributed by atoms with Gasteiger partial charge in [-0.2, -0.15) is 0 Å². The highest BCUT2D eigenvalue weighted by atomic mass is 14.3. The van der Waals surface area contributed by atoms with Gasteiger partial charge in [-0.05, 0) is 55.8 Å². The van der Waals surface area contributed by atoms with Crippen molar-refractivity contribution in [1.29, 1.82) is 0 Å². The van der Waals surface area contributed by atoms with Crippen molar-refractivity contribution < 1.29 is 0 Å². The summed E-state index contributed by atoms with van der Waals surface area (Å²) in [5.74, 6) is 1.78. The van der Waals surface area contributed by atoms with E-state index in [0.29, 0.717) is 5.41 Å². The van der Waals surface area contributed by atoms with Crippen LogP contribution in [-0.4, -0.2) is 0 Å². The van der Waals surface area contributed by atoms with E-state index in [1.54, 1.807) is 0 Å². The summed E-state index contributed by atoms with van der Waals surface area (Å²) in [6.07, 6.45) is 22.7. The van der Waals surface area contributed by atoms with Crippen LogP contribution in [0.3, 0.4) is 0 Å². The zero-order valence-corrected chi connectivity index (χ0v) is 18.0. The third-order valence-corrected chi connectivity index (χ3v) is 5.91. The first-order valence-corrected chi connectivity index (χ1v) is 11.2. The van der Waals surface area contributed by atoms with E-state index in [0.717, 1.165) is 11.8 Å². The minimum atomic E-state index is 0.598. The molecule has 0 aliphatic rings. The molecule has 0 amide bonds. The molecule has 0 heterocycles. The number of hydrogen-bond donors (Lipinski definition) is 0. The van der Waals surface area contributed by atoms with Gasteiger partial charge in [0.1, 0.15) is 0 Å². The molecule has 0 nitrogen and oxygen atoms in total. The van der Waals surface area contributed by atoms with Crippen LogP contribution in [-0.2, 0) is 0 Å². The van der Waals surface area contributed by atoms with E-state index in [4.69, 9.17) is 0 Å². The van der Waals surface area contributed by atoms with Crippen molar-refractivity contribution in [3.8, 4) is 0 Å². The third-order valence-electron chi connectivity index (χ3n) is 5.91. The fourth-order valence-corrected chi connectivity index (χ4v) is 4.12. The standard InChI is InChI=1S/C24H48/c1-7-11-13-15-19-24(6,18-9-3)20-17-22(5)21-23(10-4)16-14-12-8-2/h12,14,22-23H,7-11,13,15-21H2,1-6H3. The Kier molecular flexibility index (Phi) is 14.9. The first kappa shape index (κ1) is 23.7. The van der Waals surface area contributed by atoms with Crippen LogP contribution in [0.1, 0.15) is 125 Å². The third kappa shape index (κ3) is 12.2. The SMILES string of the molecule is CCC=CCC(CC)CC(C)CCC(C)(CCC)CCCCCC. The molecular formula is C24H48. The highest BCUT2D eigenvalue weighted by Crippen LogP contribution is 2.37. The van der Waals surface area contributed by atoms with E-state index in [1.165, 1.54) is 83.5 Å². The molecule has 0 rings (SSSR count). The van der Waals surface area contributed by atoms with Crippen molar-refractivity contribution in [2.45, 2.75) is 125 Å². The molecule has 3 atom stereocenters. The fourth-order valence-electron chi connectivity index (χ4n) is 4.12. The summed E-state index contributed by atoms with van der Waals surface area (Å²) in [6, 6.07) is 0. The topological polar surface area (TPSA) is 0 Å². The normalized spacial score (nSPS) is 17.1. The lowest BCUT2D eigenvalue weighted by Crippen LogP contribution is -2.18. The van der Waals surface area contributed by atoms with E-state index >= 15 is 0 Å². The summed E-state index contributed by atoms with van der Waals surface area (Å²) in [6.45, 7) is 14.3. The molecule has 0 aromatic rings. The Morgan fingerprint density at radius 3 is 2.17 bits per heavy atom. The van der Waals surface area contributed by atoms with Gasteiger partial charge in [0.25, 0.3) is 0 Å². The van der Waals surface area contributed by atoms with Crippen LogP contribution >= 0.6 is 0 Å². The van der Waals surface area contributed by atoms with E-state index in [2.05, 4.69) is 53.7 Å². The Hall–Kier alpha value is -0.260. The van der Waals surface area contributed by atoms with Crippen LogP contribution in [0.2, 0.25) is 0 Å². The molecule has 0 aromatic carbocycles. The summed E-state index contributed by atoms with van der Waals surface area (Å²) < 4.78 is 0. The molecule has 144 valence electrons. The number of unbranched alkanes of at least 4 members (excludes halogenated alkanes) is 3. The van der Waals surface area contributed by atoms with Gasteiger partial charge in [0, 0.05) is 0 Å². The van der Waals surface area contributed by atoms with Crippen LogP contribution in [0.5, 0.6) is 0 Å². The molecule has 0 fully saturated rings. The second-order valence-electron chi connectivity index (χ2n) is 8.64. The summed E-state index contributed by atoms with van der Waals surface area (Å²) in [5.41, 5.74) is 0.598. The molecule has 0 aliphatic carbocycles. The zero-order valence-electron chi connectivity index (χ0n) is 18.0. The second-order valence-corrected chi connectivity index (χ2v) is 8.64. The first-order valence-electron chi connectivity index (χ1n) is 11.2. The lowest BCUT2D eigenvalue weighted by atomic mass is 9.74. The van der Waals surface area contributed by atoms with Crippen LogP contribution < -0.4 is 0 Å². The van der Waals surface area contributed by atoms with Crippen molar-refractivity contribution >= 4 is 0 Å². The molecule has 0 bridgehead atoms. The predicted octanol–water partition coefficient (Wildman–Crippen LogP) is 8.95. The van der Waals surface area contributed by atoms with E-state index < -0.39 is 0 Å². The smallest absolute Gasteiger partial charge is 0.0322 e. The zero-order chi connectivity index (χ0) is 18.3. The van der Waals surface area contributed by atoms with E-state index in [-0.39, 0.29) is 0 Å². The maximum absolute atomic E-state index is 2.57. The number of allylic oxidation sites excluding steroid dienone is 2. The van der Waals surface area contributed by atoms with Crippen molar-refractivity contribution in [1.82, 2.24) is 0 Å². The quantitative estimate of drug-likeness (QED) is 0.195. The average Bonchev–Trinajstić information content (AvgIpc) is 2.56. The van der Waals surface area contributed by atoms with Gasteiger partial charge < -0.3 is 0 Å². The molecular weight excluding hydrogens is 288 g/mol. The Bertz CT molecular complexity index is 290. The minimum absolute atomic E-state index is 0.598. The van der Waals surface area contributed by atoms with Gasteiger partial charge in [0.2, 0.25) is 0 Å². The predicted molar refractivity (Wildman–Crippen MR) is 113 cm³/mol. The van der Waals surface area contributed by atoms with Gasteiger partial charge in [0.05, 0.1) is 0 Å². The maximum atomic E-state index is 2.57. The minimum Gasteiger partial charge on any atom is -0.0888 e. The molecule has 24 heavy (non-hydrogen) atoms. The largest absolute Gasteiger partial charge is 0.0888 e. The number of rotatable bonds is 16. The highest BCUT2D eigenvalue weighted by molar-refractivity contribution is 4.83. The molecule has 0 spiro atoms. The molecule has 0 saturated carbocycles. The molecule has 0 aliphatic heterocycles. The molecule has 0 saturated heterocycles. The summed E-state index contributed by atoms with van der Waals surface area (Å²) in [4.78, 5) is 0. The summed E-state index contributed by atoms with van der Waals surface area (Å²) in [5, 5.41) is 0.